The molecule has 2 aromatic carbocycles. The lowest BCUT2D eigenvalue weighted by atomic mass is 10.0. The Morgan fingerprint density at radius 1 is 1.16 bits per heavy atom. The molecule has 44 heavy (non-hydrogen) atoms. The van der Waals surface area contributed by atoms with E-state index in [1.54, 1.807) is 50.2 Å². The van der Waals surface area contributed by atoms with Crippen molar-refractivity contribution in [1.29, 1.82) is 5.26 Å². The Bertz CT molecular complexity index is 1740. The number of rotatable bonds is 10. The number of nitriles is 1. The summed E-state index contributed by atoms with van der Waals surface area (Å²) in [5.41, 5.74) is -2.23. The predicted molar refractivity (Wildman–Crippen MR) is 155 cm³/mol. The van der Waals surface area contributed by atoms with E-state index in [0.29, 0.717) is 11.8 Å². The molecule has 0 bridgehead atoms. The molecular weight excluding hydrogens is 598 g/mol. The van der Waals surface area contributed by atoms with Gasteiger partial charge in [-0.05, 0) is 63.1 Å². The maximum Gasteiger partial charge on any atom is 0.513 e. The van der Waals surface area contributed by atoms with Gasteiger partial charge in [0, 0.05) is 12.3 Å². The summed E-state index contributed by atoms with van der Waals surface area (Å²) < 4.78 is 51.9. The number of aliphatic hydroxyl groups is 1. The lowest BCUT2D eigenvalue weighted by molar-refractivity contribution is -0.149. The molecule has 3 N–H and O–H groups in total. The number of aliphatic hydroxyl groups excluding tert-OH is 1. The highest BCUT2D eigenvalue weighted by atomic mass is 31.2. The number of nitrogens with zero attached hydrogens (tertiary/aromatic N) is 2. The van der Waals surface area contributed by atoms with Gasteiger partial charge in [-0.25, -0.2) is 13.8 Å². The molecule has 13 nitrogen and oxygen atoms in total. The second kappa shape index (κ2) is 12.9. The first-order chi connectivity index (χ1) is 20.7. The first kappa shape index (κ1) is 32.2. The summed E-state index contributed by atoms with van der Waals surface area (Å²) in [6.07, 6.45) is -2.52. The van der Waals surface area contributed by atoms with Crippen LogP contribution in [-0.4, -0.2) is 44.5 Å². The number of H-pyrrole nitrogens is 1. The number of hydrogen-bond acceptors (Lipinski definition) is 10. The van der Waals surface area contributed by atoms with E-state index in [0.717, 1.165) is 34.9 Å². The number of aromatic nitrogens is 2. The van der Waals surface area contributed by atoms with E-state index in [1.807, 2.05) is 11.1 Å². The van der Waals surface area contributed by atoms with E-state index >= 15 is 4.39 Å². The highest BCUT2D eigenvalue weighted by Gasteiger charge is 2.54. The number of hydrogen-bond donors (Lipinski definition) is 3. The molecule has 1 unspecified atom stereocenters. The van der Waals surface area contributed by atoms with Gasteiger partial charge in [-0.1, -0.05) is 24.3 Å². The third-order valence-electron chi connectivity index (χ3n) is 6.43. The van der Waals surface area contributed by atoms with E-state index in [2.05, 4.69) is 5.09 Å². The fraction of sp³-hybridized carbons (Fsp3) is 0.310. The Balaban J connectivity index is 1.60. The number of ether oxygens (including phenoxy) is 2. The number of esters is 1. The van der Waals surface area contributed by atoms with Crippen LogP contribution in [0, 0.1) is 11.3 Å². The van der Waals surface area contributed by atoms with Crippen molar-refractivity contribution in [3.05, 3.63) is 99.2 Å². The normalized spacial score (nSPS) is 22.5. The van der Waals surface area contributed by atoms with Gasteiger partial charge in [0.2, 0.25) is 6.23 Å². The van der Waals surface area contributed by atoms with Crippen molar-refractivity contribution in [2.24, 2.45) is 0 Å². The zero-order valence-corrected chi connectivity index (χ0v) is 25.0. The molecule has 1 aliphatic rings. The third kappa shape index (κ3) is 7.26. The van der Waals surface area contributed by atoms with Gasteiger partial charge in [0.1, 0.15) is 18.1 Å². The molecule has 1 saturated heterocycles. The van der Waals surface area contributed by atoms with Crippen LogP contribution in [0.15, 0.2) is 82.4 Å². The fourth-order valence-electron chi connectivity index (χ4n) is 4.16. The van der Waals surface area contributed by atoms with Crippen LogP contribution >= 0.6 is 7.75 Å². The Morgan fingerprint density at radius 3 is 2.34 bits per heavy atom. The van der Waals surface area contributed by atoms with Crippen LogP contribution in [0.25, 0.3) is 11.1 Å². The number of carbonyl (C=O) groups excluding carboxylic acids is 1. The lowest BCUT2D eigenvalue weighted by Crippen LogP contribution is -2.42. The summed E-state index contributed by atoms with van der Waals surface area (Å²) in [6.45, 7) is 5.60. The maximum atomic E-state index is 15.6. The molecule has 5 atom stereocenters. The minimum Gasteiger partial charge on any atom is -0.465 e. The van der Waals surface area contributed by atoms with Crippen molar-refractivity contribution in [3.8, 4) is 22.9 Å². The van der Waals surface area contributed by atoms with Crippen LogP contribution < -0.4 is 20.9 Å². The van der Waals surface area contributed by atoms with Crippen LogP contribution in [0.2, 0.25) is 0 Å². The molecule has 0 aliphatic carbocycles. The van der Waals surface area contributed by atoms with E-state index in [1.165, 1.54) is 19.1 Å². The summed E-state index contributed by atoms with van der Waals surface area (Å²) in [7, 11) is -4.51. The number of nitrogens with one attached hydrogen (secondary N) is 2. The van der Waals surface area contributed by atoms with Crippen LogP contribution in [0.1, 0.15) is 39.5 Å². The van der Waals surface area contributed by atoms with Crippen LogP contribution in [0.5, 0.6) is 5.75 Å². The van der Waals surface area contributed by atoms with Crippen molar-refractivity contribution in [1.82, 2.24) is 14.6 Å². The van der Waals surface area contributed by atoms with Crippen LogP contribution in [0.4, 0.5) is 4.39 Å². The molecule has 0 saturated carbocycles. The minimum atomic E-state index is -4.51. The second-order valence-corrected chi connectivity index (χ2v) is 12.0. The third-order valence-corrected chi connectivity index (χ3v) is 7.97. The van der Waals surface area contributed by atoms with Gasteiger partial charge in [0.05, 0.1) is 17.7 Å². The summed E-state index contributed by atoms with van der Waals surface area (Å²) in [5.74, 6) is -1.25. The molecular formula is C29H30FN4O9P. The van der Waals surface area contributed by atoms with E-state index in [4.69, 9.17) is 23.8 Å². The van der Waals surface area contributed by atoms with Gasteiger partial charge in [-0.2, -0.15) is 10.3 Å². The summed E-state index contributed by atoms with van der Waals surface area (Å²) in [5, 5.41) is 22.1. The Hall–Kier alpha value is -4.70. The standard InChI is InChI=1S/C29H30FN4O9P/c1-17(2)41-26(37)18(3)33-44(39,43-22-11-9-21(10-12-22)20-7-5-19(15-31)6-8-20)40-16-23-25(36)29(4,30)27(42-23)34-14-13-24(35)32-28(34)38/h5-14,16-18,25,27,36H,1-4H3,(H,33,39)(H,32,35,38)/b23-16+/t18-,25+,27+,29+,44?/m0/s1. The highest BCUT2D eigenvalue weighted by molar-refractivity contribution is 7.52. The summed E-state index contributed by atoms with van der Waals surface area (Å²) in [4.78, 5) is 38.1. The van der Waals surface area contributed by atoms with E-state index in [-0.39, 0.29) is 5.75 Å². The molecule has 4 rings (SSSR count). The number of carbonyl (C=O) groups is 1. The maximum absolute atomic E-state index is 15.6. The highest BCUT2D eigenvalue weighted by Crippen LogP contribution is 2.48. The Labute approximate surface area is 251 Å². The summed E-state index contributed by atoms with van der Waals surface area (Å²) in [6, 6.07) is 15.0. The number of halogens is 1. The molecule has 232 valence electrons. The molecule has 0 radical (unpaired) electrons. The van der Waals surface area contributed by atoms with Crippen molar-refractivity contribution in [2.75, 3.05) is 0 Å². The first-order valence-corrected chi connectivity index (χ1v) is 14.9. The van der Waals surface area contributed by atoms with Gasteiger partial charge in [-0.15, -0.1) is 0 Å². The number of alkyl halides is 1. The topological polar surface area (TPSA) is 182 Å². The van der Waals surface area contributed by atoms with E-state index < -0.39 is 60.9 Å². The average molecular weight is 629 g/mol. The van der Waals surface area contributed by atoms with Gasteiger partial charge in [0.15, 0.2) is 17.5 Å². The second-order valence-electron chi connectivity index (χ2n) is 10.3. The lowest BCUT2D eigenvalue weighted by Gasteiger charge is -2.23. The van der Waals surface area contributed by atoms with Crippen molar-refractivity contribution in [3.63, 3.8) is 0 Å². The quantitative estimate of drug-likeness (QED) is 0.169. The minimum absolute atomic E-state index is 0.0574. The van der Waals surface area contributed by atoms with Gasteiger partial charge >= 0.3 is 19.4 Å². The molecule has 0 spiro atoms. The molecule has 15 heteroatoms. The van der Waals surface area contributed by atoms with Crippen LogP contribution in [0.3, 0.4) is 0 Å². The summed E-state index contributed by atoms with van der Waals surface area (Å²) >= 11 is 0. The first-order valence-electron chi connectivity index (χ1n) is 13.3. The van der Waals surface area contributed by atoms with Crippen molar-refractivity contribution in [2.45, 2.75) is 57.8 Å². The monoisotopic (exact) mass is 628 g/mol. The molecule has 1 aliphatic heterocycles. The van der Waals surface area contributed by atoms with Crippen molar-refractivity contribution < 1.29 is 37.4 Å². The van der Waals surface area contributed by atoms with Gasteiger partial charge in [-0.3, -0.25) is 19.1 Å². The molecule has 1 aromatic heterocycles. The molecule has 1 fully saturated rings. The predicted octanol–water partition coefficient (Wildman–Crippen LogP) is 3.67. The molecule has 2 heterocycles. The number of benzene rings is 2. The zero-order valence-electron chi connectivity index (χ0n) is 24.1. The van der Waals surface area contributed by atoms with Gasteiger partial charge < -0.3 is 23.6 Å². The average Bonchev–Trinajstić information content (AvgIpc) is 3.19. The number of aromatic amines is 1. The van der Waals surface area contributed by atoms with Gasteiger partial charge in [0.25, 0.3) is 5.56 Å². The molecule has 0 amide bonds. The van der Waals surface area contributed by atoms with E-state index in [9.17, 15) is 24.1 Å². The molecule has 3 aromatic rings. The zero-order chi connectivity index (χ0) is 32.2. The Kier molecular flexibility index (Phi) is 9.44. The largest absolute Gasteiger partial charge is 0.513 e. The van der Waals surface area contributed by atoms with Crippen molar-refractivity contribution >= 4 is 13.7 Å². The van der Waals surface area contributed by atoms with Crippen LogP contribution in [-0.2, 0) is 23.4 Å². The SMILES string of the molecule is CC(C)OC(=O)[C@H](C)NP(=O)(O/C=C1/O[C@@H](n2ccc(=O)[nH]c2=O)[C@](C)(F)[C@@H]1O)Oc1ccc(-c2ccc(C#N)cc2)cc1. The fourth-order valence-corrected chi connectivity index (χ4v) is 5.54. The smallest absolute Gasteiger partial charge is 0.465 e. The Morgan fingerprint density at radius 2 is 1.77 bits per heavy atom.